The molecule has 0 aromatic heterocycles. The fourth-order valence-corrected chi connectivity index (χ4v) is 2.36. The van der Waals surface area contributed by atoms with E-state index in [1.165, 1.54) is 19.3 Å². The van der Waals surface area contributed by atoms with E-state index in [-0.39, 0.29) is 5.91 Å². The minimum Gasteiger partial charge on any atom is -0.348 e. The first kappa shape index (κ1) is 13.8. The molecule has 3 heteroatoms. The number of hydrogen-bond acceptors (Lipinski definition) is 2. The van der Waals surface area contributed by atoms with Gasteiger partial charge in [0.1, 0.15) is 0 Å². The maximum Gasteiger partial charge on any atom is 0.248 e. The molecule has 1 aromatic rings. The second-order valence-corrected chi connectivity index (χ2v) is 5.11. The van der Waals surface area contributed by atoms with Crippen LogP contribution in [0, 0.1) is 0 Å². The number of amides is 1. The van der Waals surface area contributed by atoms with Crippen molar-refractivity contribution in [2.75, 3.05) is 19.6 Å². The van der Waals surface area contributed by atoms with Gasteiger partial charge in [-0.25, -0.2) is 0 Å². The maximum atomic E-state index is 12.0. The van der Waals surface area contributed by atoms with Crippen LogP contribution >= 0.6 is 0 Å². The third-order valence-electron chi connectivity index (χ3n) is 3.48. The van der Waals surface area contributed by atoms with E-state index in [9.17, 15) is 4.79 Å². The van der Waals surface area contributed by atoms with Gasteiger partial charge in [-0.1, -0.05) is 43.3 Å². The lowest BCUT2D eigenvalue weighted by Crippen LogP contribution is -2.35. The minimum absolute atomic E-state index is 0.0329. The second kappa shape index (κ2) is 7.10. The Kier molecular flexibility index (Phi) is 5.16. The molecule has 102 valence electrons. The lowest BCUT2D eigenvalue weighted by molar-refractivity contribution is -0.117. The molecule has 1 aliphatic rings. The van der Waals surface area contributed by atoms with Gasteiger partial charge in [0.15, 0.2) is 0 Å². The van der Waals surface area contributed by atoms with Crippen LogP contribution in [0.3, 0.4) is 0 Å². The molecule has 3 nitrogen and oxygen atoms in total. The van der Waals surface area contributed by atoms with Crippen molar-refractivity contribution in [3.05, 3.63) is 48.0 Å². The lowest BCUT2D eigenvalue weighted by atomic mass is 10.1. The number of carbonyl (C=O) groups excluding carboxylic acids is 1. The Bertz CT molecular complexity index is 422. The van der Waals surface area contributed by atoms with Gasteiger partial charge >= 0.3 is 0 Å². The molecule has 1 heterocycles. The fraction of sp³-hybridized carbons (Fsp3) is 0.438. The van der Waals surface area contributed by atoms with Crippen molar-refractivity contribution >= 4 is 5.91 Å². The molecule has 0 radical (unpaired) electrons. The highest BCUT2D eigenvalue weighted by Gasteiger charge is 2.14. The van der Waals surface area contributed by atoms with Gasteiger partial charge in [-0.3, -0.25) is 9.69 Å². The van der Waals surface area contributed by atoms with Crippen LogP contribution in [-0.4, -0.2) is 30.4 Å². The standard InChI is InChI=1S/C16H22N2O/c1-14(13-18-10-6-3-7-11-18)16(19)17-12-15-8-4-2-5-9-15/h2,4-5,8-9H,1,3,6-7,10-13H2,(H,17,19). The van der Waals surface area contributed by atoms with Gasteiger partial charge in [0.25, 0.3) is 0 Å². The van der Waals surface area contributed by atoms with Crippen LogP contribution < -0.4 is 5.32 Å². The van der Waals surface area contributed by atoms with E-state index in [1.807, 2.05) is 30.3 Å². The Morgan fingerprint density at radius 1 is 1.16 bits per heavy atom. The van der Waals surface area contributed by atoms with Gasteiger partial charge in [-0.05, 0) is 31.5 Å². The smallest absolute Gasteiger partial charge is 0.248 e. The highest BCUT2D eigenvalue weighted by Crippen LogP contribution is 2.10. The van der Waals surface area contributed by atoms with Crippen LogP contribution in [0.1, 0.15) is 24.8 Å². The number of nitrogens with zero attached hydrogens (tertiary/aromatic N) is 1. The molecule has 0 bridgehead atoms. The van der Waals surface area contributed by atoms with Crippen LogP contribution in [0.5, 0.6) is 0 Å². The van der Waals surface area contributed by atoms with Crippen molar-refractivity contribution in [3.8, 4) is 0 Å². The number of nitrogens with one attached hydrogen (secondary N) is 1. The van der Waals surface area contributed by atoms with E-state index in [0.717, 1.165) is 18.7 Å². The minimum atomic E-state index is -0.0329. The number of benzene rings is 1. The molecule has 1 fully saturated rings. The van der Waals surface area contributed by atoms with Crippen molar-refractivity contribution < 1.29 is 4.79 Å². The van der Waals surface area contributed by atoms with Crippen molar-refractivity contribution in [2.24, 2.45) is 0 Å². The third-order valence-corrected chi connectivity index (χ3v) is 3.48. The molecule has 19 heavy (non-hydrogen) atoms. The summed E-state index contributed by atoms with van der Waals surface area (Å²) in [5, 5.41) is 2.92. The van der Waals surface area contributed by atoms with E-state index in [0.29, 0.717) is 18.7 Å². The highest BCUT2D eigenvalue weighted by atomic mass is 16.1. The Morgan fingerprint density at radius 2 is 1.84 bits per heavy atom. The van der Waals surface area contributed by atoms with Crippen LogP contribution in [0.25, 0.3) is 0 Å². The average molecular weight is 258 g/mol. The molecule has 1 N–H and O–H groups in total. The molecule has 0 spiro atoms. The molecule has 1 aromatic carbocycles. The number of rotatable bonds is 5. The van der Waals surface area contributed by atoms with Gasteiger partial charge in [0.05, 0.1) is 0 Å². The molecule has 0 atom stereocenters. The summed E-state index contributed by atoms with van der Waals surface area (Å²) >= 11 is 0. The van der Waals surface area contributed by atoms with Crippen LogP contribution in [0.2, 0.25) is 0 Å². The molecule has 1 saturated heterocycles. The van der Waals surface area contributed by atoms with E-state index in [2.05, 4.69) is 16.8 Å². The van der Waals surface area contributed by atoms with Crippen LogP contribution in [0.4, 0.5) is 0 Å². The van der Waals surface area contributed by atoms with Crippen LogP contribution in [-0.2, 0) is 11.3 Å². The van der Waals surface area contributed by atoms with Gasteiger partial charge in [-0.15, -0.1) is 0 Å². The third kappa shape index (κ3) is 4.52. The maximum absolute atomic E-state index is 12.0. The zero-order valence-corrected chi connectivity index (χ0v) is 11.4. The predicted octanol–water partition coefficient (Wildman–Crippen LogP) is 2.34. The summed E-state index contributed by atoms with van der Waals surface area (Å²) in [6.45, 7) is 7.35. The molecule has 0 unspecified atom stereocenters. The van der Waals surface area contributed by atoms with E-state index >= 15 is 0 Å². The first-order chi connectivity index (χ1) is 9.25. The Hall–Kier alpha value is -1.61. The summed E-state index contributed by atoms with van der Waals surface area (Å²) in [6, 6.07) is 9.94. The lowest BCUT2D eigenvalue weighted by Gasteiger charge is -2.26. The molecule has 0 saturated carbocycles. The Morgan fingerprint density at radius 3 is 2.53 bits per heavy atom. The van der Waals surface area contributed by atoms with Crippen molar-refractivity contribution in [2.45, 2.75) is 25.8 Å². The second-order valence-electron chi connectivity index (χ2n) is 5.11. The summed E-state index contributed by atoms with van der Waals surface area (Å²) < 4.78 is 0. The molecule has 1 aliphatic heterocycles. The highest BCUT2D eigenvalue weighted by molar-refractivity contribution is 5.93. The topological polar surface area (TPSA) is 32.3 Å². The Balaban J connectivity index is 1.74. The molecular weight excluding hydrogens is 236 g/mol. The van der Waals surface area contributed by atoms with E-state index < -0.39 is 0 Å². The van der Waals surface area contributed by atoms with Gasteiger partial charge in [0, 0.05) is 18.7 Å². The van der Waals surface area contributed by atoms with Crippen molar-refractivity contribution in [3.63, 3.8) is 0 Å². The predicted molar refractivity (Wildman–Crippen MR) is 77.7 cm³/mol. The summed E-state index contributed by atoms with van der Waals surface area (Å²) in [7, 11) is 0. The summed E-state index contributed by atoms with van der Waals surface area (Å²) in [6.07, 6.45) is 3.78. The molecule has 0 aliphatic carbocycles. The average Bonchev–Trinajstić information content (AvgIpc) is 2.47. The fourth-order valence-electron chi connectivity index (χ4n) is 2.36. The first-order valence-corrected chi connectivity index (χ1v) is 6.98. The largest absolute Gasteiger partial charge is 0.348 e. The van der Waals surface area contributed by atoms with Gasteiger partial charge in [0.2, 0.25) is 5.91 Å². The molecular formula is C16H22N2O. The Labute approximate surface area is 115 Å². The zero-order valence-electron chi connectivity index (χ0n) is 11.4. The van der Waals surface area contributed by atoms with Gasteiger partial charge < -0.3 is 5.32 Å². The van der Waals surface area contributed by atoms with Gasteiger partial charge in [-0.2, -0.15) is 0 Å². The van der Waals surface area contributed by atoms with Crippen molar-refractivity contribution in [1.82, 2.24) is 10.2 Å². The number of likely N-dealkylation sites (tertiary alicyclic amines) is 1. The zero-order chi connectivity index (χ0) is 13.5. The normalized spacial score (nSPS) is 16.0. The summed E-state index contributed by atoms with van der Waals surface area (Å²) in [4.78, 5) is 14.3. The van der Waals surface area contributed by atoms with E-state index in [4.69, 9.17) is 0 Å². The van der Waals surface area contributed by atoms with E-state index in [1.54, 1.807) is 0 Å². The number of hydrogen-bond donors (Lipinski definition) is 1. The SMILES string of the molecule is C=C(CN1CCCCC1)C(=O)NCc1ccccc1. The molecule has 2 rings (SSSR count). The summed E-state index contributed by atoms with van der Waals surface area (Å²) in [5.41, 5.74) is 1.78. The monoisotopic (exact) mass is 258 g/mol. The van der Waals surface area contributed by atoms with Crippen molar-refractivity contribution in [1.29, 1.82) is 0 Å². The molecule has 1 amide bonds. The summed E-state index contributed by atoms with van der Waals surface area (Å²) in [5.74, 6) is -0.0329. The number of piperidine rings is 1. The van der Waals surface area contributed by atoms with Crippen LogP contribution in [0.15, 0.2) is 42.5 Å². The first-order valence-electron chi connectivity index (χ1n) is 6.98. The number of carbonyl (C=O) groups is 1. The quantitative estimate of drug-likeness (QED) is 0.822.